The predicted molar refractivity (Wildman–Crippen MR) is 128 cm³/mol. The van der Waals surface area contributed by atoms with E-state index >= 15 is 0 Å². The lowest BCUT2D eigenvalue weighted by Gasteiger charge is -2.16. The molecule has 1 aliphatic rings. The Morgan fingerprint density at radius 1 is 0.969 bits per heavy atom. The van der Waals surface area contributed by atoms with E-state index in [1.165, 1.54) is 11.1 Å². The van der Waals surface area contributed by atoms with Crippen molar-refractivity contribution in [1.29, 1.82) is 0 Å². The fourth-order valence-corrected chi connectivity index (χ4v) is 4.40. The first-order valence-electron chi connectivity index (χ1n) is 10.8. The van der Waals surface area contributed by atoms with Gasteiger partial charge < -0.3 is 15.4 Å². The Kier molecular flexibility index (Phi) is 5.42. The van der Waals surface area contributed by atoms with Gasteiger partial charge in [-0.3, -0.25) is 4.98 Å². The van der Waals surface area contributed by atoms with Crippen molar-refractivity contribution in [3.05, 3.63) is 89.9 Å². The number of aromatic nitrogens is 3. The molecule has 0 saturated carbocycles. The molecule has 6 nitrogen and oxygen atoms in total. The van der Waals surface area contributed by atoms with Gasteiger partial charge in [-0.1, -0.05) is 30.3 Å². The number of nitrogens with one attached hydrogen (secondary N) is 2. The van der Waals surface area contributed by atoms with Crippen LogP contribution in [0.3, 0.4) is 0 Å². The van der Waals surface area contributed by atoms with E-state index in [2.05, 4.69) is 39.9 Å². The van der Waals surface area contributed by atoms with Crippen LogP contribution in [-0.4, -0.2) is 29.1 Å². The van der Waals surface area contributed by atoms with E-state index in [1.807, 2.05) is 43.4 Å². The van der Waals surface area contributed by atoms with Crippen LogP contribution in [0.25, 0.3) is 11.1 Å². The van der Waals surface area contributed by atoms with Crippen LogP contribution in [0.1, 0.15) is 29.2 Å². The summed E-state index contributed by atoms with van der Waals surface area (Å²) in [6.07, 6.45) is 5.57. The number of nitrogens with zero attached hydrogens (tertiary/aromatic N) is 3. The van der Waals surface area contributed by atoms with Crippen molar-refractivity contribution in [3.63, 3.8) is 0 Å². The fourth-order valence-electron chi connectivity index (χ4n) is 4.40. The maximum absolute atomic E-state index is 5.66. The maximum Gasteiger partial charge on any atom is 0.229 e. The third kappa shape index (κ3) is 3.75. The zero-order chi connectivity index (χ0) is 21.9. The summed E-state index contributed by atoms with van der Waals surface area (Å²) in [5, 5.41) is 6.64. The average Bonchev–Trinajstić information content (AvgIpc) is 3.28. The third-order valence-electron chi connectivity index (χ3n) is 5.94. The van der Waals surface area contributed by atoms with Gasteiger partial charge in [-0.2, -0.15) is 4.98 Å². The van der Waals surface area contributed by atoms with Crippen LogP contribution in [0.15, 0.2) is 73.1 Å². The normalized spacial score (nSPS) is 14.6. The van der Waals surface area contributed by atoms with Crippen molar-refractivity contribution in [3.8, 4) is 16.9 Å². The zero-order valence-corrected chi connectivity index (χ0v) is 18.2. The summed E-state index contributed by atoms with van der Waals surface area (Å²) in [6.45, 7) is 0. The summed E-state index contributed by atoms with van der Waals surface area (Å²) in [5.74, 6) is 2.52. The van der Waals surface area contributed by atoms with Crippen molar-refractivity contribution in [2.45, 2.75) is 18.8 Å². The average molecular weight is 424 g/mol. The summed E-state index contributed by atoms with van der Waals surface area (Å²) in [7, 11) is 3.59. The highest BCUT2D eigenvalue weighted by Crippen LogP contribution is 2.40. The maximum atomic E-state index is 5.66. The minimum Gasteiger partial charge on any atom is -0.496 e. The predicted octanol–water partition coefficient (Wildman–Crippen LogP) is 5.41. The second-order valence-corrected chi connectivity index (χ2v) is 7.79. The fraction of sp³-hybridized carbons (Fsp3) is 0.192. The van der Waals surface area contributed by atoms with Gasteiger partial charge in [-0.05, 0) is 48.2 Å². The number of anilines is 3. The standard InChI is InChI=1S/C26H25N5O/c1-27-25-22-11-10-21(17-6-4-3-5-7-17)24(22)30-26(31-25)29-19-8-9-20(23(16-19)32-2)18-12-14-28-15-13-18/h3-9,12-16,21H,10-11H2,1-2H3,(H2,27,29,30,31). The second-order valence-electron chi connectivity index (χ2n) is 7.79. The monoisotopic (exact) mass is 423 g/mol. The molecule has 1 unspecified atom stereocenters. The molecular formula is C26H25N5O. The van der Waals surface area contributed by atoms with Crippen LogP contribution in [0.5, 0.6) is 5.75 Å². The van der Waals surface area contributed by atoms with Crippen LogP contribution in [-0.2, 0) is 6.42 Å². The van der Waals surface area contributed by atoms with E-state index in [0.717, 1.165) is 46.9 Å². The molecule has 6 heteroatoms. The first-order valence-corrected chi connectivity index (χ1v) is 10.8. The number of hydrogen-bond donors (Lipinski definition) is 2. The molecule has 0 fully saturated rings. The van der Waals surface area contributed by atoms with E-state index in [1.54, 1.807) is 19.5 Å². The van der Waals surface area contributed by atoms with Crippen LogP contribution in [0.2, 0.25) is 0 Å². The lowest BCUT2D eigenvalue weighted by atomic mass is 9.97. The van der Waals surface area contributed by atoms with Crippen molar-refractivity contribution in [2.24, 2.45) is 0 Å². The summed E-state index contributed by atoms with van der Waals surface area (Å²) in [6, 6.07) is 20.5. The van der Waals surface area contributed by atoms with Crippen LogP contribution < -0.4 is 15.4 Å². The highest BCUT2D eigenvalue weighted by Gasteiger charge is 2.29. The molecule has 0 bridgehead atoms. The second kappa shape index (κ2) is 8.67. The minimum atomic E-state index is 0.283. The summed E-state index contributed by atoms with van der Waals surface area (Å²) < 4.78 is 5.66. The Balaban J connectivity index is 1.49. The number of methoxy groups -OCH3 is 1. The van der Waals surface area contributed by atoms with Crippen molar-refractivity contribution >= 4 is 17.5 Å². The first kappa shape index (κ1) is 20.0. The molecule has 1 atom stereocenters. The molecular weight excluding hydrogens is 398 g/mol. The highest BCUT2D eigenvalue weighted by atomic mass is 16.5. The van der Waals surface area contributed by atoms with Gasteiger partial charge in [0.15, 0.2) is 0 Å². The molecule has 2 aromatic heterocycles. The molecule has 2 heterocycles. The summed E-state index contributed by atoms with van der Waals surface area (Å²) in [5.41, 5.74) is 6.53. The number of rotatable bonds is 6. The van der Waals surface area contributed by atoms with E-state index in [0.29, 0.717) is 5.95 Å². The molecule has 5 rings (SSSR count). The molecule has 0 radical (unpaired) electrons. The van der Waals surface area contributed by atoms with Crippen LogP contribution >= 0.6 is 0 Å². The Bertz CT molecular complexity index is 1230. The van der Waals surface area contributed by atoms with E-state index in [-0.39, 0.29) is 5.92 Å². The largest absolute Gasteiger partial charge is 0.496 e. The Labute approximate surface area is 187 Å². The number of benzene rings is 2. The Morgan fingerprint density at radius 2 is 1.78 bits per heavy atom. The molecule has 4 aromatic rings. The van der Waals surface area contributed by atoms with Gasteiger partial charge in [0.25, 0.3) is 0 Å². The summed E-state index contributed by atoms with van der Waals surface area (Å²) >= 11 is 0. The molecule has 1 aliphatic carbocycles. The van der Waals surface area contributed by atoms with Crippen LogP contribution in [0, 0.1) is 0 Å². The Hall–Kier alpha value is -3.93. The van der Waals surface area contributed by atoms with Crippen molar-refractivity contribution in [2.75, 3.05) is 24.8 Å². The van der Waals surface area contributed by atoms with E-state index in [4.69, 9.17) is 14.7 Å². The highest BCUT2D eigenvalue weighted by molar-refractivity contribution is 5.74. The Morgan fingerprint density at radius 3 is 2.53 bits per heavy atom. The van der Waals surface area contributed by atoms with Gasteiger partial charge in [0.05, 0.1) is 12.8 Å². The lowest BCUT2D eigenvalue weighted by Crippen LogP contribution is -2.08. The van der Waals surface area contributed by atoms with Crippen molar-refractivity contribution < 1.29 is 4.74 Å². The van der Waals surface area contributed by atoms with Gasteiger partial charge in [-0.15, -0.1) is 0 Å². The summed E-state index contributed by atoms with van der Waals surface area (Å²) in [4.78, 5) is 13.8. The van der Waals surface area contributed by atoms with Gasteiger partial charge in [0.2, 0.25) is 5.95 Å². The molecule has 0 spiro atoms. The van der Waals surface area contributed by atoms with E-state index < -0.39 is 0 Å². The van der Waals surface area contributed by atoms with Gasteiger partial charge in [0, 0.05) is 48.2 Å². The number of hydrogen-bond acceptors (Lipinski definition) is 6. The molecule has 32 heavy (non-hydrogen) atoms. The van der Waals surface area contributed by atoms with Crippen molar-refractivity contribution in [1.82, 2.24) is 15.0 Å². The SMILES string of the molecule is CNc1nc(Nc2ccc(-c3ccncc3)c(OC)c2)nc2c1CCC2c1ccccc1. The molecule has 2 N–H and O–H groups in total. The topological polar surface area (TPSA) is 72.0 Å². The van der Waals surface area contributed by atoms with Gasteiger partial charge in [-0.25, -0.2) is 4.98 Å². The van der Waals surface area contributed by atoms with Crippen LogP contribution in [0.4, 0.5) is 17.5 Å². The lowest BCUT2D eigenvalue weighted by molar-refractivity contribution is 0.416. The first-order chi connectivity index (χ1) is 15.8. The molecule has 0 aliphatic heterocycles. The third-order valence-corrected chi connectivity index (χ3v) is 5.94. The number of fused-ring (bicyclic) bond motifs is 1. The minimum absolute atomic E-state index is 0.283. The smallest absolute Gasteiger partial charge is 0.229 e. The molecule has 2 aromatic carbocycles. The molecule has 160 valence electrons. The van der Waals surface area contributed by atoms with E-state index in [9.17, 15) is 0 Å². The van der Waals surface area contributed by atoms with Gasteiger partial charge >= 0.3 is 0 Å². The number of ether oxygens (including phenoxy) is 1. The quantitative estimate of drug-likeness (QED) is 0.432. The number of pyridine rings is 1. The van der Waals surface area contributed by atoms with Gasteiger partial charge in [0.1, 0.15) is 11.6 Å². The molecule has 0 saturated heterocycles. The zero-order valence-electron chi connectivity index (χ0n) is 18.2. The molecule has 0 amide bonds.